The highest BCUT2D eigenvalue weighted by atomic mass is 15.0. The summed E-state index contributed by atoms with van der Waals surface area (Å²) in [5.41, 5.74) is 9.57. The number of rotatable bonds is 4. The topological polar surface area (TPSA) is 54.7 Å². The first-order valence-electron chi connectivity index (χ1n) is 6.34. The number of nitrogens with zero attached hydrogens (tertiary/aromatic N) is 1. The van der Waals surface area contributed by atoms with Crippen LogP contribution in [0.4, 0.5) is 0 Å². The second kappa shape index (κ2) is 4.88. The molecule has 0 saturated heterocycles. The lowest BCUT2D eigenvalue weighted by Crippen LogP contribution is -2.14. The Labute approximate surface area is 102 Å². The molecular formula is C14H21N3. The second-order valence-electron chi connectivity index (χ2n) is 5.06. The number of aryl methyl sites for hydroxylation is 1. The van der Waals surface area contributed by atoms with Crippen LogP contribution in [-0.4, -0.2) is 9.97 Å². The van der Waals surface area contributed by atoms with Crippen molar-refractivity contribution >= 4 is 11.0 Å². The molecule has 1 unspecified atom stereocenters. The largest absolute Gasteiger partial charge is 0.341 e. The molecule has 17 heavy (non-hydrogen) atoms. The number of aromatic amines is 1. The SMILES string of the molecule is CCc1ccc2nc(C(N)CC(C)C)[nH]c2c1. The maximum Gasteiger partial charge on any atom is 0.124 e. The van der Waals surface area contributed by atoms with Crippen molar-refractivity contribution in [2.24, 2.45) is 11.7 Å². The van der Waals surface area contributed by atoms with Gasteiger partial charge in [0.2, 0.25) is 0 Å². The second-order valence-corrected chi connectivity index (χ2v) is 5.06. The van der Waals surface area contributed by atoms with Crippen LogP contribution in [0.3, 0.4) is 0 Å². The van der Waals surface area contributed by atoms with Gasteiger partial charge < -0.3 is 10.7 Å². The first-order valence-corrected chi connectivity index (χ1v) is 6.34. The third kappa shape index (κ3) is 2.67. The van der Waals surface area contributed by atoms with Gasteiger partial charge in [-0.15, -0.1) is 0 Å². The summed E-state index contributed by atoms with van der Waals surface area (Å²) in [6.45, 7) is 6.51. The first-order chi connectivity index (χ1) is 8.10. The van der Waals surface area contributed by atoms with Crippen molar-refractivity contribution in [3.63, 3.8) is 0 Å². The zero-order chi connectivity index (χ0) is 12.4. The predicted molar refractivity (Wildman–Crippen MR) is 71.9 cm³/mol. The van der Waals surface area contributed by atoms with Crippen LogP contribution in [0.1, 0.15) is 44.6 Å². The molecule has 3 heteroatoms. The summed E-state index contributed by atoms with van der Waals surface area (Å²) < 4.78 is 0. The fraction of sp³-hybridized carbons (Fsp3) is 0.500. The molecule has 3 N–H and O–H groups in total. The van der Waals surface area contributed by atoms with Crippen molar-refractivity contribution in [3.05, 3.63) is 29.6 Å². The maximum absolute atomic E-state index is 6.14. The average molecular weight is 231 g/mol. The van der Waals surface area contributed by atoms with Crippen LogP contribution in [-0.2, 0) is 6.42 Å². The standard InChI is InChI=1S/C14H21N3/c1-4-10-5-6-12-13(8-10)17-14(16-12)11(15)7-9(2)3/h5-6,8-9,11H,4,7,15H2,1-3H3,(H,16,17). The third-order valence-electron chi connectivity index (χ3n) is 3.05. The smallest absolute Gasteiger partial charge is 0.124 e. The number of benzene rings is 1. The Balaban J connectivity index is 2.30. The Morgan fingerprint density at radius 2 is 2.12 bits per heavy atom. The van der Waals surface area contributed by atoms with Crippen LogP contribution in [0.2, 0.25) is 0 Å². The van der Waals surface area contributed by atoms with Crippen molar-refractivity contribution in [2.75, 3.05) is 0 Å². The van der Waals surface area contributed by atoms with Crippen LogP contribution >= 0.6 is 0 Å². The Bertz CT molecular complexity index is 499. The molecule has 1 aromatic heterocycles. The molecule has 0 fully saturated rings. The molecule has 2 aromatic rings. The molecule has 1 heterocycles. The minimum atomic E-state index is 0.00692. The van der Waals surface area contributed by atoms with Crippen LogP contribution in [0.25, 0.3) is 11.0 Å². The minimum absolute atomic E-state index is 0.00692. The third-order valence-corrected chi connectivity index (χ3v) is 3.05. The molecule has 1 aromatic carbocycles. The van der Waals surface area contributed by atoms with E-state index in [4.69, 9.17) is 5.73 Å². The summed E-state index contributed by atoms with van der Waals surface area (Å²) in [4.78, 5) is 7.90. The fourth-order valence-corrected chi connectivity index (χ4v) is 2.09. The summed E-state index contributed by atoms with van der Waals surface area (Å²) in [6.07, 6.45) is 2.00. The van der Waals surface area contributed by atoms with Gasteiger partial charge >= 0.3 is 0 Å². The van der Waals surface area contributed by atoms with Gasteiger partial charge in [0.15, 0.2) is 0 Å². The molecule has 0 bridgehead atoms. The Morgan fingerprint density at radius 1 is 1.35 bits per heavy atom. The van der Waals surface area contributed by atoms with E-state index in [1.54, 1.807) is 0 Å². The van der Waals surface area contributed by atoms with Gasteiger partial charge in [-0.1, -0.05) is 26.8 Å². The van der Waals surface area contributed by atoms with Crippen LogP contribution in [0, 0.1) is 5.92 Å². The Kier molecular flexibility index (Phi) is 3.48. The zero-order valence-corrected chi connectivity index (χ0v) is 10.8. The average Bonchev–Trinajstić information content (AvgIpc) is 2.70. The molecule has 3 nitrogen and oxygen atoms in total. The van der Waals surface area contributed by atoms with Gasteiger partial charge in [-0.2, -0.15) is 0 Å². The monoisotopic (exact) mass is 231 g/mol. The van der Waals surface area contributed by atoms with Crippen molar-refractivity contribution in [1.29, 1.82) is 0 Å². The molecular weight excluding hydrogens is 210 g/mol. The lowest BCUT2D eigenvalue weighted by molar-refractivity contribution is 0.496. The predicted octanol–water partition coefficient (Wildman–Crippen LogP) is 3.17. The van der Waals surface area contributed by atoms with Crippen molar-refractivity contribution in [2.45, 2.75) is 39.7 Å². The van der Waals surface area contributed by atoms with Gasteiger partial charge in [-0.05, 0) is 36.5 Å². The zero-order valence-electron chi connectivity index (χ0n) is 10.8. The number of hydrogen-bond donors (Lipinski definition) is 2. The van der Waals surface area contributed by atoms with Gasteiger partial charge in [0.1, 0.15) is 5.82 Å². The molecule has 0 saturated carbocycles. The van der Waals surface area contributed by atoms with Gasteiger partial charge in [0, 0.05) is 0 Å². The van der Waals surface area contributed by atoms with E-state index in [9.17, 15) is 0 Å². The van der Waals surface area contributed by atoms with E-state index in [0.717, 1.165) is 29.7 Å². The molecule has 0 aliphatic carbocycles. The molecule has 0 aliphatic rings. The molecule has 1 atom stereocenters. The number of imidazole rings is 1. The van der Waals surface area contributed by atoms with E-state index in [-0.39, 0.29) is 6.04 Å². The van der Waals surface area contributed by atoms with E-state index < -0.39 is 0 Å². The van der Waals surface area contributed by atoms with Gasteiger partial charge in [0.05, 0.1) is 17.1 Å². The van der Waals surface area contributed by atoms with Gasteiger partial charge in [0.25, 0.3) is 0 Å². The number of hydrogen-bond acceptors (Lipinski definition) is 2. The Morgan fingerprint density at radius 3 is 2.76 bits per heavy atom. The lowest BCUT2D eigenvalue weighted by atomic mass is 10.0. The fourth-order valence-electron chi connectivity index (χ4n) is 2.09. The Hall–Kier alpha value is -1.35. The van der Waals surface area contributed by atoms with Crippen molar-refractivity contribution < 1.29 is 0 Å². The van der Waals surface area contributed by atoms with Gasteiger partial charge in [-0.3, -0.25) is 0 Å². The highest BCUT2D eigenvalue weighted by Crippen LogP contribution is 2.20. The first kappa shape index (κ1) is 12.1. The number of nitrogens with one attached hydrogen (secondary N) is 1. The molecule has 0 amide bonds. The highest BCUT2D eigenvalue weighted by molar-refractivity contribution is 5.75. The molecule has 0 aliphatic heterocycles. The molecule has 2 rings (SSSR count). The summed E-state index contributed by atoms with van der Waals surface area (Å²) >= 11 is 0. The normalized spacial score (nSPS) is 13.5. The highest BCUT2D eigenvalue weighted by Gasteiger charge is 2.12. The molecule has 0 spiro atoms. The van der Waals surface area contributed by atoms with E-state index in [2.05, 4.69) is 48.9 Å². The maximum atomic E-state index is 6.14. The summed E-state index contributed by atoms with van der Waals surface area (Å²) in [5, 5.41) is 0. The number of nitrogens with two attached hydrogens (primary N) is 1. The summed E-state index contributed by atoms with van der Waals surface area (Å²) in [5.74, 6) is 1.49. The summed E-state index contributed by atoms with van der Waals surface area (Å²) in [7, 11) is 0. The minimum Gasteiger partial charge on any atom is -0.341 e. The number of aromatic nitrogens is 2. The van der Waals surface area contributed by atoms with Crippen molar-refractivity contribution in [3.8, 4) is 0 Å². The lowest BCUT2D eigenvalue weighted by Gasteiger charge is -2.10. The van der Waals surface area contributed by atoms with E-state index in [1.165, 1.54) is 5.56 Å². The van der Waals surface area contributed by atoms with Crippen LogP contribution < -0.4 is 5.73 Å². The summed E-state index contributed by atoms with van der Waals surface area (Å²) in [6, 6.07) is 6.36. The van der Waals surface area contributed by atoms with E-state index >= 15 is 0 Å². The quantitative estimate of drug-likeness (QED) is 0.849. The molecule has 92 valence electrons. The molecule has 0 radical (unpaired) electrons. The number of H-pyrrole nitrogens is 1. The van der Waals surface area contributed by atoms with Crippen molar-refractivity contribution in [1.82, 2.24) is 9.97 Å². The van der Waals surface area contributed by atoms with E-state index in [1.807, 2.05) is 0 Å². The van der Waals surface area contributed by atoms with Gasteiger partial charge in [-0.25, -0.2) is 4.98 Å². The van der Waals surface area contributed by atoms with Crippen LogP contribution in [0.5, 0.6) is 0 Å². The number of fused-ring (bicyclic) bond motifs is 1. The van der Waals surface area contributed by atoms with Crippen LogP contribution in [0.15, 0.2) is 18.2 Å². The van der Waals surface area contributed by atoms with E-state index in [0.29, 0.717) is 5.92 Å².